The molecule has 1 saturated heterocycles. The lowest BCUT2D eigenvalue weighted by molar-refractivity contribution is -0.385. The zero-order valence-corrected chi connectivity index (χ0v) is 18.1. The van der Waals surface area contributed by atoms with Gasteiger partial charge in [-0.2, -0.15) is 5.26 Å². The first kappa shape index (κ1) is 23.5. The van der Waals surface area contributed by atoms with Gasteiger partial charge >= 0.3 is 0 Å². The molecule has 29 heavy (non-hydrogen) atoms. The molecule has 2 rings (SSSR count). The first-order valence-electron chi connectivity index (χ1n) is 9.56. The molecule has 0 aromatic heterocycles. The van der Waals surface area contributed by atoms with E-state index >= 15 is 0 Å². The van der Waals surface area contributed by atoms with Crippen LogP contribution >= 0.6 is 0 Å². The molecule has 0 bridgehead atoms. The minimum atomic E-state index is -1.55. The maximum Gasteiger partial charge on any atom is 0.269 e. The highest BCUT2D eigenvalue weighted by atomic mass is 32.2. The Kier molecular flexibility index (Phi) is 7.28. The molecule has 0 saturated carbocycles. The van der Waals surface area contributed by atoms with E-state index in [2.05, 4.69) is 10.8 Å². The number of nitrogens with one attached hydrogen (secondary N) is 1. The summed E-state index contributed by atoms with van der Waals surface area (Å²) in [5, 5.41) is 21.0. The van der Waals surface area contributed by atoms with Crippen LogP contribution in [0.3, 0.4) is 0 Å². The SMILES string of the molecule is CC(C)(C)[S@@+]([O-])N[C@@](C)(CCC1(C#N)CCOCC1)c1cc([N+](=O)[O-])ccc1F. The van der Waals surface area contributed by atoms with Crippen LogP contribution in [0.5, 0.6) is 0 Å². The van der Waals surface area contributed by atoms with Crippen molar-refractivity contribution < 1.29 is 18.6 Å². The zero-order valence-electron chi connectivity index (χ0n) is 17.3. The summed E-state index contributed by atoms with van der Waals surface area (Å²) in [7, 11) is 0. The van der Waals surface area contributed by atoms with Crippen molar-refractivity contribution in [2.45, 2.75) is 63.7 Å². The Morgan fingerprint density at radius 2 is 1.97 bits per heavy atom. The molecule has 0 radical (unpaired) electrons. The van der Waals surface area contributed by atoms with Crippen molar-refractivity contribution in [3.05, 3.63) is 39.7 Å². The van der Waals surface area contributed by atoms with Crippen LogP contribution in [0, 0.1) is 32.7 Å². The van der Waals surface area contributed by atoms with Crippen molar-refractivity contribution in [2.24, 2.45) is 5.41 Å². The topological polar surface area (TPSA) is 111 Å². The smallest absolute Gasteiger partial charge is 0.269 e. The second-order valence-electron chi connectivity index (χ2n) is 8.74. The lowest BCUT2D eigenvalue weighted by Crippen LogP contribution is -2.50. The van der Waals surface area contributed by atoms with Crippen LogP contribution in [0.1, 0.15) is 58.9 Å². The fraction of sp³-hybridized carbons (Fsp3) is 0.650. The van der Waals surface area contributed by atoms with Gasteiger partial charge in [-0.25, -0.2) is 4.39 Å². The van der Waals surface area contributed by atoms with Crippen molar-refractivity contribution >= 4 is 17.0 Å². The first-order chi connectivity index (χ1) is 13.4. The summed E-state index contributed by atoms with van der Waals surface area (Å²) in [6, 6.07) is 5.73. The Labute approximate surface area is 174 Å². The van der Waals surface area contributed by atoms with Crippen LogP contribution < -0.4 is 4.72 Å². The van der Waals surface area contributed by atoms with Crippen molar-refractivity contribution in [1.29, 1.82) is 5.26 Å². The normalized spacial score (nSPS) is 19.8. The molecule has 1 heterocycles. The average molecular weight is 426 g/mol. The van der Waals surface area contributed by atoms with E-state index in [1.54, 1.807) is 27.7 Å². The Bertz CT molecular complexity index is 787. The van der Waals surface area contributed by atoms with E-state index in [-0.39, 0.29) is 11.3 Å². The van der Waals surface area contributed by atoms with Gasteiger partial charge in [-0.1, -0.05) is 0 Å². The van der Waals surface area contributed by atoms with Gasteiger partial charge in [-0.15, -0.1) is 4.72 Å². The number of rotatable bonds is 7. The van der Waals surface area contributed by atoms with Gasteiger partial charge in [0.25, 0.3) is 5.69 Å². The Balaban J connectivity index is 2.42. The molecule has 7 nitrogen and oxygen atoms in total. The van der Waals surface area contributed by atoms with E-state index in [1.807, 2.05) is 0 Å². The maximum absolute atomic E-state index is 14.8. The fourth-order valence-electron chi connectivity index (χ4n) is 3.32. The number of nitro groups is 1. The van der Waals surface area contributed by atoms with Crippen LogP contribution in [-0.2, 0) is 21.6 Å². The molecule has 1 aliphatic heterocycles. The van der Waals surface area contributed by atoms with Crippen LogP contribution in [0.25, 0.3) is 0 Å². The summed E-state index contributed by atoms with van der Waals surface area (Å²) >= 11 is -1.55. The molecule has 160 valence electrons. The largest absolute Gasteiger partial charge is 0.598 e. The van der Waals surface area contributed by atoms with E-state index in [9.17, 15) is 24.3 Å². The summed E-state index contributed by atoms with van der Waals surface area (Å²) < 4.78 is 35.4. The first-order valence-corrected chi connectivity index (χ1v) is 10.7. The quantitative estimate of drug-likeness (QED) is 0.400. The van der Waals surface area contributed by atoms with E-state index in [4.69, 9.17) is 4.74 Å². The highest BCUT2D eigenvalue weighted by molar-refractivity contribution is 7.90. The number of halogens is 1. The van der Waals surface area contributed by atoms with Gasteiger partial charge < -0.3 is 9.29 Å². The van der Waals surface area contributed by atoms with Crippen molar-refractivity contribution in [3.8, 4) is 6.07 Å². The third-order valence-electron chi connectivity index (χ3n) is 5.42. The van der Waals surface area contributed by atoms with E-state index < -0.39 is 37.8 Å². The predicted octanol–water partition coefficient (Wildman–Crippen LogP) is 4.10. The second-order valence-corrected chi connectivity index (χ2v) is 10.7. The molecule has 0 amide bonds. The number of ether oxygens (including phenoxy) is 1. The van der Waals surface area contributed by atoms with E-state index in [0.717, 1.165) is 12.1 Å². The molecule has 2 atom stereocenters. The van der Waals surface area contributed by atoms with Gasteiger partial charge in [0.2, 0.25) is 0 Å². The second kappa shape index (κ2) is 8.96. The highest BCUT2D eigenvalue weighted by Crippen LogP contribution is 2.41. The van der Waals surface area contributed by atoms with Crippen LogP contribution in [0.15, 0.2) is 18.2 Å². The third-order valence-corrected chi connectivity index (χ3v) is 7.17. The molecule has 1 aromatic rings. The fourth-order valence-corrected chi connectivity index (χ4v) is 4.24. The van der Waals surface area contributed by atoms with Crippen LogP contribution in [-0.4, -0.2) is 27.4 Å². The summed E-state index contributed by atoms with van der Waals surface area (Å²) in [5.41, 5.74) is -1.93. The van der Waals surface area contributed by atoms with Gasteiger partial charge in [0.1, 0.15) is 10.6 Å². The van der Waals surface area contributed by atoms with Gasteiger partial charge in [-0.05, 0) is 59.4 Å². The number of non-ortho nitro benzene ring substituents is 1. The van der Waals surface area contributed by atoms with Crippen LogP contribution in [0.4, 0.5) is 10.1 Å². The molecule has 1 N–H and O–H groups in total. The van der Waals surface area contributed by atoms with Gasteiger partial charge in [0, 0.05) is 42.3 Å². The van der Waals surface area contributed by atoms with Gasteiger partial charge in [0.15, 0.2) is 0 Å². The standard InChI is InChI=1S/C20H28FN3O4S/c1-18(2,3)29(27)23-19(4,7-8-20(14-22)9-11-28-12-10-20)16-13-15(24(25)26)5-6-17(16)21/h5-6,13,23H,7-12H2,1-4H3/t19-,29+/m0/s1. The summed E-state index contributed by atoms with van der Waals surface area (Å²) in [6.07, 6.45) is 1.86. The summed E-state index contributed by atoms with van der Waals surface area (Å²) in [5.74, 6) is -0.616. The number of nitrogens with zero attached hydrogens (tertiary/aromatic N) is 2. The predicted molar refractivity (Wildman–Crippen MR) is 109 cm³/mol. The highest BCUT2D eigenvalue weighted by Gasteiger charge is 2.42. The van der Waals surface area contributed by atoms with Crippen LogP contribution in [0.2, 0.25) is 0 Å². The van der Waals surface area contributed by atoms with E-state index in [0.29, 0.717) is 38.9 Å². The number of nitriles is 1. The Morgan fingerprint density at radius 1 is 1.34 bits per heavy atom. The molecule has 0 unspecified atom stereocenters. The molecular weight excluding hydrogens is 397 g/mol. The minimum Gasteiger partial charge on any atom is -0.598 e. The average Bonchev–Trinajstić information content (AvgIpc) is 2.66. The van der Waals surface area contributed by atoms with Gasteiger partial charge in [-0.3, -0.25) is 10.1 Å². The molecule has 1 aliphatic rings. The molecule has 1 aromatic carbocycles. The number of hydrogen-bond acceptors (Lipinski definition) is 6. The summed E-state index contributed by atoms with van der Waals surface area (Å²) in [4.78, 5) is 10.6. The molecular formula is C20H28FN3O4S. The lowest BCUT2D eigenvalue weighted by atomic mass is 9.74. The van der Waals surface area contributed by atoms with Crippen molar-refractivity contribution in [1.82, 2.24) is 4.72 Å². The van der Waals surface area contributed by atoms with Crippen molar-refractivity contribution in [3.63, 3.8) is 0 Å². The molecule has 1 fully saturated rings. The van der Waals surface area contributed by atoms with Crippen molar-refractivity contribution in [2.75, 3.05) is 13.2 Å². The Morgan fingerprint density at radius 3 is 2.48 bits per heavy atom. The third kappa shape index (κ3) is 5.66. The van der Waals surface area contributed by atoms with E-state index in [1.165, 1.54) is 6.07 Å². The number of nitro benzene ring substituents is 1. The maximum atomic E-state index is 14.8. The lowest BCUT2D eigenvalue weighted by Gasteiger charge is -2.38. The number of hydrogen-bond donors (Lipinski definition) is 1. The zero-order chi connectivity index (χ0) is 21.9. The Hall–Kier alpha value is -1.73. The molecule has 0 aliphatic carbocycles. The van der Waals surface area contributed by atoms with Gasteiger partial charge in [0.05, 0.1) is 21.9 Å². The molecule has 9 heteroatoms. The summed E-state index contributed by atoms with van der Waals surface area (Å²) in [6.45, 7) is 8.01. The minimum absolute atomic E-state index is 0.0736. The molecule has 0 spiro atoms. The monoisotopic (exact) mass is 425 g/mol. The number of benzene rings is 1.